The second-order valence-corrected chi connectivity index (χ2v) is 9.81. The predicted molar refractivity (Wildman–Crippen MR) is 173 cm³/mol. The molecule has 1 aromatic carbocycles. The van der Waals surface area contributed by atoms with Gasteiger partial charge >= 0.3 is 0 Å². The summed E-state index contributed by atoms with van der Waals surface area (Å²) in [6, 6.07) is 17.3. The lowest BCUT2D eigenvalue weighted by atomic mass is 9.94. The van der Waals surface area contributed by atoms with Crippen LogP contribution in [0.3, 0.4) is 0 Å². The highest BCUT2D eigenvalue weighted by molar-refractivity contribution is 5.86. The number of hydrogen-bond acceptors (Lipinski definition) is 7. The number of nitrogen functional groups attached to an aromatic ring is 1. The molecule has 0 spiro atoms. The number of nitrogens with one attached hydrogen (secondary N) is 2. The van der Waals surface area contributed by atoms with Gasteiger partial charge in [0.25, 0.3) is 5.56 Å². The van der Waals surface area contributed by atoms with Crippen molar-refractivity contribution in [2.45, 2.75) is 51.6 Å². The number of hydrogen-bond donors (Lipinski definition) is 3. The Bertz CT molecular complexity index is 1530. The van der Waals surface area contributed by atoms with Gasteiger partial charge in [0.15, 0.2) is 5.82 Å². The van der Waals surface area contributed by atoms with Crippen molar-refractivity contribution in [1.29, 1.82) is 0 Å². The van der Waals surface area contributed by atoms with Gasteiger partial charge in [-0.05, 0) is 61.1 Å². The van der Waals surface area contributed by atoms with E-state index >= 15 is 0 Å². The summed E-state index contributed by atoms with van der Waals surface area (Å²) in [5, 5.41) is 6.22. The Balaban J connectivity index is 0.00000205. The van der Waals surface area contributed by atoms with Gasteiger partial charge in [0, 0.05) is 48.5 Å². The molecule has 9 nitrogen and oxygen atoms in total. The minimum absolute atomic E-state index is 0. The largest absolute Gasteiger partial charge is 0.384 e. The maximum Gasteiger partial charge on any atom is 0.294 e. The zero-order valence-electron chi connectivity index (χ0n) is 23.4. The molecule has 12 heteroatoms. The van der Waals surface area contributed by atoms with Crippen LogP contribution >= 0.6 is 37.2 Å². The van der Waals surface area contributed by atoms with Gasteiger partial charge in [0.1, 0.15) is 11.9 Å². The van der Waals surface area contributed by atoms with Gasteiger partial charge in [-0.25, -0.2) is 9.97 Å². The molecule has 0 saturated carbocycles. The van der Waals surface area contributed by atoms with Gasteiger partial charge in [-0.3, -0.25) is 19.1 Å². The number of halogens is 3. The first-order valence-electron chi connectivity index (χ1n) is 13.3. The van der Waals surface area contributed by atoms with Gasteiger partial charge in [-0.2, -0.15) is 0 Å². The number of amides is 1. The van der Waals surface area contributed by atoms with E-state index in [0.29, 0.717) is 31.7 Å². The molecule has 5 rings (SSSR count). The Morgan fingerprint density at radius 2 is 1.83 bits per heavy atom. The van der Waals surface area contributed by atoms with Gasteiger partial charge in [-0.1, -0.05) is 43.3 Å². The molecule has 0 unspecified atom stereocenters. The zero-order chi connectivity index (χ0) is 27.4. The van der Waals surface area contributed by atoms with Crippen LogP contribution in [0.2, 0.25) is 0 Å². The Kier molecular flexibility index (Phi) is 12.8. The van der Waals surface area contributed by atoms with Crippen molar-refractivity contribution in [3.8, 4) is 0 Å². The lowest BCUT2D eigenvalue weighted by Crippen LogP contribution is -2.36. The second-order valence-electron chi connectivity index (χ2n) is 9.81. The fourth-order valence-corrected chi connectivity index (χ4v) is 5.07. The number of rotatable bonds is 9. The summed E-state index contributed by atoms with van der Waals surface area (Å²) in [7, 11) is 0. The summed E-state index contributed by atoms with van der Waals surface area (Å²) in [6.45, 7) is 4.73. The van der Waals surface area contributed by atoms with E-state index in [4.69, 9.17) is 5.73 Å². The monoisotopic (exact) mass is 631 g/mol. The van der Waals surface area contributed by atoms with Crippen LogP contribution in [0.4, 0.5) is 11.6 Å². The number of carbonyl (C=O) groups excluding carboxylic acids is 1. The van der Waals surface area contributed by atoms with Crippen molar-refractivity contribution >= 4 is 54.8 Å². The molecule has 2 atom stereocenters. The summed E-state index contributed by atoms with van der Waals surface area (Å²) in [5.74, 6) is 0.386. The third-order valence-corrected chi connectivity index (χ3v) is 7.34. The van der Waals surface area contributed by atoms with E-state index in [-0.39, 0.29) is 60.4 Å². The molecule has 4 aromatic rings. The van der Waals surface area contributed by atoms with E-state index in [1.54, 1.807) is 23.0 Å². The lowest BCUT2D eigenvalue weighted by molar-refractivity contribution is -0.124. The highest BCUT2D eigenvalue weighted by atomic mass is 35.5. The quantitative estimate of drug-likeness (QED) is 0.242. The number of anilines is 2. The Hall–Kier alpha value is -3.66. The third-order valence-electron chi connectivity index (χ3n) is 7.34. The summed E-state index contributed by atoms with van der Waals surface area (Å²) in [5.41, 5.74) is 11.1. The van der Waals surface area contributed by atoms with Crippen molar-refractivity contribution in [2.75, 3.05) is 17.6 Å². The predicted octanol–water partition coefficient (Wildman–Crippen LogP) is 4.80. The fourth-order valence-electron chi connectivity index (χ4n) is 5.07. The average Bonchev–Trinajstić information content (AvgIpc) is 3.40. The molecule has 1 aliphatic rings. The molecule has 1 aliphatic heterocycles. The van der Waals surface area contributed by atoms with E-state index in [1.165, 1.54) is 5.56 Å². The zero-order valence-corrected chi connectivity index (χ0v) is 25.9. The molecule has 224 valence electrons. The van der Waals surface area contributed by atoms with Crippen molar-refractivity contribution in [3.63, 3.8) is 0 Å². The van der Waals surface area contributed by atoms with Crippen molar-refractivity contribution < 1.29 is 4.79 Å². The fraction of sp³-hybridized carbons (Fsp3) is 0.300. The minimum atomic E-state index is -0.591. The molecule has 0 saturated heterocycles. The Morgan fingerprint density at radius 1 is 1.07 bits per heavy atom. The van der Waals surface area contributed by atoms with Gasteiger partial charge < -0.3 is 16.4 Å². The van der Waals surface area contributed by atoms with Crippen LogP contribution in [0.25, 0.3) is 0 Å². The molecule has 0 bridgehead atoms. The minimum Gasteiger partial charge on any atom is -0.384 e. The van der Waals surface area contributed by atoms with Crippen molar-refractivity contribution in [1.82, 2.24) is 24.8 Å². The molecule has 4 N–H and O–H groups in total. The van der Waals surface area contributed by atoms with E-state index in [0.717, 1.165) is 34.6 Å². The number of nitrogens with zero attached hydrogens (tertiary/aromatic N) is 4. The van der Waals surface area contributed by atoms with Crippen LogP contribution < -0.4 is 21.9 Å². The van der Waals surface area contributed by atoms with E-state index in [9.17, 15) is 9.59 Å². The first-order chi connectivity index (χ1) is 18.9. The first kappa shape index (κ1) is 34.5. The van der Waals surface area contributed by atoms with Crippen LogP contribution in [-0.4, -0.2) is 32.0 Å². The molecule has 3 aromatic heterocycles. The number of aromatic nitrogens is 4. The summed E-state index contributed by atoms with van der Waals surface area (Å²) < 4.78 is 1.57. The lowest BCUT2D eigenvalue weighted by Gasteiger charge is -2.19. The number of carbonyl (C=O) groups is 1. The molecule has 0 fully saturated rings. The van der Waals surface area contributed by atoms with Crippen LogP contribution in [0.1, 0.15) is 59.1 Å². The van der Waals surface area contributed by atoms with Crippen LogP contribution in [-0.2, 0) is 24.2 Å². The van der Waals surface area contributed by atoms with Crippen LogP contribution in [0, 0.1) is 6.92 Å². The highest BCUT2D eigenvalue weighted by Gasteiger charge is 2.31. The second kappa shape index (κ2) is 15.5. The SMILES string of the molecule is CCc1ccc([C@H](CNc2ncc3n(c2=O)[C@H](C(=O)NCc2ccc(N)nc2C)CC3)c2ccccn2)cc1.Cl.Cl.Cl. The molecule has 42 heavy (non-hydrogen) atoms. The van der Waals surface area contributed by atoms with Crippen molar-refractivity contribution in [3.05, 3.63) is 111 Å². The first-order valence-corrected chi connectivity index (χ1v) is 13.3. The molecule has 4 heterocycles. The molecule has 1 amide bonds. The summed E-state index contributed by atoms with van der Waals surface area (Å²) >= 11 is 0. The molecule has 0 radical (unpaired) electrons. The van der Waals surface area contributed by atoms with Gasteiger partial charge in [0.05, 0.1) is 0 Å². The van der Waals surface area contributed by atoms with E-state index < -0.39 is 6.04 Å². The maximum atomic E-state index is 13.5. The Morgan fingerprint density at radius 3 is 2.50 bits per heavy atom. The molecular weight excluding hydrogens is 597 g/mol. The number of aryl methyl sites for hydroxylation is 3. The number of fused-ring (bicyclic) bond motifs is 1. The maximum absolute atomic E-state index is 13.5. The topological polar surface area (TPSA) is 128 Å². The number of pyridine rings is 2. The molecular formula is C30H36Cl3N7O2. The van der Waals surface area contributed by atoms with Gasteiger partial charge in [0.2, 0.25) is 5.91 Å². The van der Waals surface area contributed by atoms with Crippen LogP contribution in [0.15, 0.2) is 71.8 Å². The number of nitrogens with two attached hydrogens (primary N) is 1. The normalized spacial score (nSPS) is 13.9. The van der Waals surface area contributed by atoms with Crippen LogP contribution in [0.5, 0.6) is 0 Å². The Labute approximate surface area is 264 Å². The smallest absolute Gasteiger partial charge is 0.294 e. The third kappa shape index (κ3) is 7.59. The van der Waals surface area contributed by atoms with E-state index in [2.05, 4.69) is 56.8 Å². The standard InChI is InChI=1S/C30H33N7O2.3ClH/c1-3-20-7-9-21(10-8-20)24(25-6-4-5-15-32-25)18-34-28-30(39)37-23(17-33-28)12-13-26(37)29(38)35-16-22-11-14-27(31)36-19(22)2;;;/h4-11,14-15,17,24,26H,3,12-13,16,18H2,1-2H3,(H2,31,36)(H,33,34)(H,35,38);3*1H/t24-,26-;;;/m0.../s1. The van der Waals surface area contributed by atoms with Gasteiger partial charge in [-0.15, -0.1) is 37.2 Å². The highest BCUT2D eigenvalue weighted by Crippen LogP contribution is 2.26. The average molecular weight is 633 g/mol. The van der Waals surface area contributed by atoms with E-state index in [1.807, 2.05) is 31.2 Å². The summed E-state index contributed by atoms with van der Waals surface area (Å²) in [4.78, 5) is 39.9. The molecule has 0 aliphatic carbocycles. The van der Waals surface area contributed by atoms with Crippen molar-refractivity contribution in [2.24, 2.45) is 0 Å². The summed E-state index contributed by atoms with van der Waals surface area (Å²) in [6.07, 6.45) is 5.59. The number of benzene rings is 1.